The summed E-state index contributed by atoms with van der Waals surface area (Å²) in [5.41, 5.74) is 0. The first-order valence-electron chi connectivity index (χ1n) is 8.97. The van der Waals surface area contributed by atoms with E-state index in [1.54, 1.807) is 0 Å². The topological polar surface area (TPSA) is 64.6 Å². The first-order chi connectivity index (χ1) is 10.5. The van der Waals surface area contributed by atoms with Crippen LogP contribution in [0.4, 0.5) is 4.79 Å². The number of hydrogen-bond acceptors (Lipinski definition) is 3. The van der Waals surface area contributed by atoms with E-state index in [0.717, 1.165) is 37.8 Å². The molecule has 0 aromatic carbocycles. The van der Waals surface area contributed by atoms with Crippen LogP contribution in [0.2, 0.25) is 0 Å². The van der Waals surface area contributed by atoms with Gasteiger partial charge >= 0.3 is 6.03 Å². The van der Waals surface area contributed by atoms with E-state index in [9.17, 15) is 9.90 Å². The number of β-amino-alcohol motifs (C(OH)–C–C–N with tert-alkyl or cyclic N) is 1. The smallest absolute Gasteiger partial charge is 0.315 e. The summed E-state index contributed by atoms with van der Waals surface area (Å²) in [5, 5.41) is 15.9. The summed E-state index contributed by atoms with van der Waals surface area (Å²) in [4.78, 5) is 14.2. The molecule has 2 rings (SSSR count). The number of urea groups is 1. The maximum absolute atomic E-state index is 11.9. The van der Waals surface area contributed by atoms with Gasteiger partial charge in [0.2, 0.25) is 0 Å². The van der Waals surface area contributed by atoms with Gasteiger partial charge in [0.25, 0.3) is 0 Å². The minimum atomic E-state index is -0.481. The van der Waals surface area contributed by atoms with Crippen molar-refractivity contribution in [3.63, 3.8) is 0 Å². The number of carbonyl (C=O) groups is 1. The van der Waals surface area contributed by atoms with E-state index in [1.807, 2.05) is 0 Å². The van der Waals surface area contributed by atoms with E-state index in [-0.39, 0.29) is 6.03 Å². The van der Waals surface area contributed by atoms with Crippen LogP contribution in [0.25, 0.3) is 0 Å². The fourth-order valence-electron chi connectivity index (χ4n) is 3.46. The monoisotopic (exact) mass is 311 g/mol. The van der Waals surface area contributed by atoms with Crippen molar-refractivity contribution < 1.29 is 9.90 Å². The molecule has 0 spiro atoms. The molecule has 3 N–H and O–H groups in total. The molecule has 1 saturated heterocycles. The molecule has 0 aromatic heterocycles. The van der Waals surface area contributed by atoms with Crippen LogP contribution in [0, 0.1) is 11.8 Å². The number of likely N-dealkylation sites (tertiary alicyclic amines) is 1. The molecule has 2 aliphatic rings. The predicted octanol–water partition coefficient (Wildman–Crippen LogP) is 1.96. The van der Waals surface area contributed by atoms with E-state index in [1.165, 1.54) is 25.7 Å². The van der Waals surface area contributed by atoms with Crippen LogP contribution in [0.1, 0.15) is 52.4 Å². The van der Waals surface area contributed by atoms with Gasteiger partial charge in [0.1, 0.15) is 0 Å². The minimum Gasteiger partial charge on any atom is -0.390 e. The van der Waals surface area contributed by atoms with Crippen LogP contribution in [0.5, 0.6) is 0 Å². The number of hydrogen-bond donors (Lipinski definition) is 3. The largest absolute Gasteiger partial charge is 0.390 e. The van der Waals surface area contributed by atoms with Gasteiger partial charge in [-0.1, -0.05) is 13.8 Å². The highest BCUT2D eigenvalue weighted by Crippen LogP contribution is 2.23. The van der Waals surface area contributed by atoms with Crippen LogP contribution >= 0.6 is 0 Å². The average molecular weight is 311 g/mol. The number of aliphatic hydroxyl groups excluding tert-OH is 1. The summed E-state index contributed by atoms with van der Waals surface area (Å²) in [5.74, 6) is 1.59. The summed E-state index contributed by atoms with van der Waals surface area (Å²) < 4.78 is 0. The first-order valence-corrected chi connectivity index (χ1v) is 8.97. The molecule has 1 saturated carbocycles. The van der Waals surface area contributed by atoms with Gasteiger partial charge in [0.05, 0.1) is 6.10 Å². The van der Waals surface area contributed by atoms with E-state index in [0.29, 0.717) is 19.1 Å². The second-order valence-electron chi connectivity index (χ2n) is 7.45. The fraction of sp³-hybridized carbons (Fsp3) is 0.941. The third kappa shape index (κ3) is 6.13. The molecule has 1 aliphatic heterocycles. The summed E-state index contributed by atoms with van der Waals surface area (Å²) in [6.07, 6.45) is 6.47. The summed E-state index contributed by atoms with van der Waals surface area (Å²) in [6.45, 7) is 7.67. The standard InChI is InChI=1S/C17H33N3O2/c1-13-3-5-15(6-4-13)19-17(22)18-11-16(21)12-20-9-7-14(2)8-10-20/h13-16,21H,3-12H2,1-2H3,(H2,18,19,22). The van der Waals surface area contributed by atoms with Crippen molar-refractivity contribution in [3.05, 3.63) is 0 Å². The number of nitrogens with zero attached hydrogens (tertiary/aromatic N) is 1. The van der Waals surface area contributed by atoms with Crippen LogP contribution in [0.3, 0.4) is 0 Å². The molecule has 0 radical (unpaired) electrons. The summed E-state index contributed by atoms with van der Waals surface area (Å²) in [7, 11) is 0. The van der Waals surface area contributed by atoms with Crippen LogP contribution in [0.15, 0.2) is 0 Å². The molecule has 22 heavy (non-hydrogen) atoms. The molecular weight excluding hydrogens is 278 g/mol. The Morgan fingerprint density at radius 2 is 1.68 bits per heavy atom. The van der Waals surface area contributed by atoms with Gasteiger partial charge in [-0.25, -0.2) is 4.79 Å². The molecule has 0 aromatic rings. The molecule has 1 aliphatic carbocycles. The van der Waals surface area contributed by atoms with Crippen molar-refractivity contribution in [3.8, 4) is 0 Å². The van der Waals surface area contributed by atoms with Crippen LogP contribution in [-0.4, -0.2) is 54.4 Å². The maximum atomic E-state index is 11.9. The number of carbonyl (C=O) groups excluding carboxylic acids is 1. The highest BCUT2D eigenvalue weighted by Gasteiger charge is 2.21. The van der Waals surface area contributed by atoms with Gasteiger partial charge in [0, 0.05) is 19.1 Å². The summed E-state index contributed by atoms with van der Waals surface area (Å²) in [6, 6.07) is 0.169. The van der Waals surface area contributed by atoms with Gasteiger partial charge < -0.3 is 20.6 Å². The minimum absolute atomic E-state index is 0.133. The zero-order chi connectivity index (χ0) is 15.9. The first kappa shape index (κ1) is 17.5. The number of nitrogens with one attached hydrogen (secondary N) is 2. The number of aliphatic hydroxyl groups is 1. The lowest BCUT2D eigenvalue weighted by molar-refractivity contribution is 0.0918. The van der Waals surface area contributed by atoms with Crippen LogP contribution < -0.4 is 10.6 Å². The van der Waals surface area contributed by atoms with Crippen molar-refractivity contribution in [2.75, 3.05) is 26.2 Å². The Morgan fingerprint density at radius 1 is 1.09 bits per heavy atom. The number of rotatable bonds is 5. The molecule has 2 amide bonds. The second kappa shape index (κ2) is 8.73. The van der Waals surface area contributed by atoms with Gasteiger partial charge in [-0.15, -0.1) is 0 Å². The maximum Gasteiger partial charge on any atom is 0.315 e. The van der Waals surface area contributed by atoms with Crippen molar-refractivity contribution >= 4 is 6.03 Å². The molecule has 0 bridgehead atoms. The van der Waals surface area contributed by atoms with E-state index in [2.05, 4.69) is 29.4 Å². The van der Waals surface area contributed by atoms with E-state index >= 15 is 0 Å². The molecule has 1 heterocycles. The van der Waals surface area contributed by atoms with Crippen molar-refractivity contribution in [2.45, 2.75) is 64.5 Å². The van der Waals surface area contributed by atoms with E-state index < -0.39 is 6.10 Å². The number of amides is 2. The fourth-order valence-corrected chi connectivity index (χ4v) is 3.46. The van der Waals surface area contributed by atoms with Gasteiger partial charge in [-0.05, 0) is 63.5 Å². The Morgan fingerprint density at radius 3 is 2.32 bits per heavy atom. The van der Waals surface area contributed by atoms with Gasteiger partial charge in [-0.3, -0.25) is 0 Å². The van der Waals surface area contributed by atoms with Crippen molar-refractivity contribution in [2.24, 2.45) is 11.8 Å². The molecule has 1 atom stereocenters. The molecular formula is C17H33N3O2. The van der Waals surface area contributed by atoms with Crippen molar-refractivity contribution in [1.82, 2.24) is 15.5 Å². The van der Waals surface area contributed by atoms with Crippen molar-refractivity contribution in [1.29, 1.82) is 0 Å². The Hall–Kier alpha value is -0.810. The lowest BCUT2D eigenvalue weighted by Crippen LogP contribution is -2.48. The molecule has 5 heteroatoms. The predicted molar refractivity (Wildman–Crippen MR) is 88.8 cm³/mol. The molecule has 128 valence electrons. The second-order valence-corrected chi connectivity index (χ2v) is 7.45. The average Bonchev–Trinajstić information content (AvgIpc) is 2.50. The Bertz CT molecular complexity index is 335. The van der Waals surface area contributed by atoms with Gasteiger partial charge in [0.15, 0.2) is 0 Å². The Labute approximate surface area is 134 Å². The molecule has 2 fully saturated rings. The SMILES string of the molecule is CC1CCC(NC(=O)NCC(O)CN2CCC(C)CC2)CC1. The van der Waals surface area contributed by atoms with Crippen LogP contribution in [-0.2, 0) is 0 Å². The van der Waals surface area contributed by atoms with E-state index in [4.69, 9.17) is 0 Å². The number of piperidine rings is 1. The normalized spacial score (nSPS) is 29.0. The third-order valence-corrected chi connectivity index (χ3v) is 5.19. The Balaban J connectivity index is 1.57. The molecule has 1 unspecified atom stereocenters. The Kier molecular flexibility index (Phi) is 6.96. The highest BCUT2D eigenvalue weighted by atomic mass is 16.3. The summed E-state index contributed by atoms with van der Waals surface area (Å²) >= 11 is 0. The zero-order valence-corrected chi connectivity index (χ0v) is 14.2. The zero-order valence-electron chi connectivity index (χ0n) is 14.2. The lowest BCUT2D eigenvalue weighted by atomic mass is 9.87. The van der Waals surface area contributed by atoms with Gasteiger partial charge in [-0.2, -0.15) is 0 Å². The third-order valence-electron chi connectivity index (χ3n) is 5.19. The lowest BCUT2D eigenvalue weighted by Gasteiger charge is -2.31. The molecule has 5 nitrogen and oxygen atoms in total. The quantitative estimate of drug-likeness (QED) is 0.727. The highest BCUT2D eigenvalue weighted by molar-refractivity contribution is 5.74.